The van der Waals surface area contributed by atoms with E-state index in [0.717, 1.165) is 24.6 Å². The van der Waals surface area contributed by atoms with Gasteiger partial charge in [-0.25, -0.2) is 0 Å². The largest absolute Gasteiger partial charge is 0.351 e. The highest BCUT2D eigenvalue weighted by Crippen LogP contribution is 2.36. The standard InChI is InChI=1S/C19H24N4O/c24-19(14-22-12-15-6-7-18(22)10-15)20-11-16-4-1-2-5-17(16)13-23-9-3-8-21-23/h1-5,8-9,15,18H,6-7,10-14H2,(H,20,24). The Bertz CT molecular complexity index is 697. The Morgan fingerprint density at radius 2 is 2.08 bits per heavy atom. The maximum atomic E-state index is 12.3. The van der Waals surface area contributed by atoms with E-state index in [-0.39, 0.29) is 5.91 Å². The van der Waals surface area contributed by atoms with Crippen molar-refractivity contribution in [1.82, 2.24) is 20.0 Å². The van der Waals surface area contributed by atoms with Gasteiger partial charge in [-0.3, -0.25) is 14.4 Å². The molecule has 1 saturated carbocycles. The molecular formula is C19H24N4O. The van der Waals surface area contributed by atoms with Crippen LogP contribution in [0.1, 0.15) is 30.4 Å². The number of nitrogens with one attached hydrogen (secondary N) is 1. The summed E-state index contributed by atoms with van der Waals surface area (Å²) in [7, 11) is 0. The Morgan fingerprint density at radius 1 is 1.21 bits per heavy atom. The molecule has 1 aromatic carbocycles. The molecule has 0 radical (unpaired) electrons. The lowest BCUT2D eigenvalue weighted by molar-refractivity contribution is -0.122. The second kappa shape index (κ2) is 6.77. The smallest absolute Gasteiger partial charge is 0.234 e. The van der Waals surface area contributed by atoms with Gasteiger partial charge in [0.1, 0.15) is 0 Å². The van der Waals surface area contributed by atoms with E-state index in [1.807, 2.05) is 29.1 Å². The molecule has 0 spiro atoms. The summed E-state index contributed by atoms with van der Waals surface area (Å²) < 4.78 is 1.90. The molecule has 4 rings (SSSR count). The molecule has 1 N–H and O–H groups in total. The summed E-state index contributed by atoms with van der Waals surface area (Å²) in [5.74, 6) is 0.967. The fourth-order valence-electron chi connectivity index (χ4n) is 4.11. The van der Waals surface area contributed by atoms with Crippen LogP contribution in [-0.4, -0.2) is 39.7 Å². The molecule has 24 heavy (non-hydrogen) atoms. The Hall–Kier alpha value is -2.14. The lowest BCUT2D eigenvalue weighted by Crippen LogP contribution is -2.41. The summed E-state index contributed by atoms with van der Waals surface area (Å²) in [6.45, 7) is 2.96. The molecule has 2 aromatic rings. The van der Waals surface area contributed by atoms with Crippen LogP contribution in [0.25, 0.3) is 0 Å². The number of carbonyl (C=O) groups is 1. The van der Waals surface area contributed by atoms with Crippen LogP contribution in [-0.2, 0) is 17.9 Å². The highest BCUT2D eigenvalue weighted by molar-refractivity contribution is 5.78. The van der Waals surface area contributed by atoms with E-state index in [2.05, 4.69) is 27.4 Å². The van der Waals surface area contributed by atoms with E-state index in [1.165, 1.54) is 24.8 Å². The van der Waals surface area contributed by atoms with E-state index in [1.54, 1.807) is 6.20 Å². The maximum Gasteiger partial charge on any atom is 0.234 e. The third-order valence-electron chi connectivity index (χ3n) is 5.36. The van der Waals surface area contributed by atoms with Crippen LogP contribution < -0.4 is 5.32 Å². The lowest BCUT2D eigenvalue weighted by atomic mass is 10.1. The normalized spacial score (nSPS) is 22.8. The van der Waals surface area contributed by atoms with Crippen molar-refractivity contribution in [1.29, 1.82) is 0 Å². The van der Waals surface area contributed by atoms with Crippen LogP contribution >= 0.6 is 0 Å². The molecule has 126 valence electrons. The first-order chi connectivity index (χ1) is 11.8. The molecule has 2 aliphatic rings. The van der Waals surface area contributed by atoms with E-state index in [9.17, 15) is 4.79 Å². The van der Waals surface area contributed by atoms with Gasteiger partial charge >= 0.3 is 0 Å². The molecule has 5 heteroatoms. The van der Waals surface area contributed by atoms with Gasteiger partial charge in [-0.2, -0.15) is 5.10 Å². The molecule has 1 aliphatic carbocycles. The second-order valence-corrected chi connectivity index (χ2v) is 7.01. The van der Waals surface area contributed by atoms with Crippen LogP contribution in [0.2, 0.25) is 0 Å². The van der Waals surface area contributed by atoms with Crippen molar-refractivity contribution < 1.29 is 4.79 Å². The molecule has 1 aliphatic heterocycles. The zero-order valence-electron chi connectivity index (χ0n) is 13.9. The van der Waals surface area contributed by atoms with Crippen LogP contribution in [0.15, 0.2) is 42.7 Å². The number of rotatable bonds is 6. The molecule has 1 saturated heterocycles. The summed E-state index contributed by atoms with van der Waals surface area (Å²) in [5.41, 5.74) is 2.35. The Kier molecular flexibility index (Phi) is 4.34. The van der Waals surface area contributed by atoms with Crippen molar-refractivity contribution >= 4 is 5.91 Å². The SMILES string of the molecule is O=C(CN1CC2CCC1C2)NCc1ccccc1Cn1cccn1. The van der Waals surface area contributed by atoms with Crippen LogP contribution in [0, 0.1) is 5.92 Å². The minimum Gasteiger partial charge on any atom is -0.351 e. The van der Waals surface area contributed by atoms with Gasteiger partial charge in [-0.05, 0) is 42.4 Å². The average molecular weight is 324 g/mol. The average Bonchev–Trinajstić information content (AvgIpc) is 3.32. The number of hydrogen-bond acceptors (Lipinski definition) is 3. The quantitative estimate of drug-likeness (QED) is 0.884. The van der Waals surface area contributed by atoms with Crippen LogP contribution in [0.3, 0.4) is 0 Å². The van der Waals surface area contributed by atoms with E-state index < -0.39 is 0 Å². The molecule has 1 aromatic heterocycles. The third-order valence-corrected chi connectivity index (χ3v) is 5.36. The van der Waals surface area contributed by atoms with Crippen molar-refractivity contribution in [2.45, 2.75) is 38.4 Å². The first kappa shape index (κ1) is 15.4. The van der Waals surface area contributed by atoms with E-state index in [0.29, 0.717) is 19.1 Å². The fraction of sp³-hybridized carbons (Fsp3) is 0.474. The Balaban J connectivity index is 1.33. The molecule has 2 heterocycles. The minimum atomic E-state index is 0.136. The zero-order valence-corrected chi connectivity index (χ0v) is 13.9. The summed E-state index contributed by atoms with van der Waals surface area (Å²) in [6.07, 6.45) is 7.65. The zero-order chi connectivity index (χ0) is 16.4. The summed E-state index contributed by atoms with van der Waals surface area (Å²) in [5, 5.41) is 7.36. The summed E-state index contributed by atoms with van der Waals surface area (Å²) >= 11 is 0. The van der Waals surface area contributed by atoms with Crippen molar-refractivity contribution in [2.75, 3.05) is 13.1 Å². The fourth-order valence-corrected chi connectivity index (χ4v) is 4.11. The number of fused-ring (bicyclic) bond motifs is 2. The van der Waals surface area contributed by atoms with E-state index >= 15 is 0 Å². The van der Waals surface area contributed by atoms with Gasteiger partial charge in [0.05, 0.1) is 13.1 Å². The molecule has 1 amide bonds. The van der Waals surface area contributed by atoms with Crippen LogP contribution in [0.5, 0.6) is 0 Å². The van der Waals surface area contributed by atoms with Gasteiger partial charge in [-0.15, -0.1) is 0 Å². The van der Waals surface area contributed by atoms with Crippen molar-refractivity contribution in [3.05, 3.63) is 53.9 Å². The monoisotopic (exact) mass is 324 g/mol. The predicted molar refractivity (Wildman–Crippen MR) is 92.3 cm³/mol. The number of aromatic nitrogens is 2. The Labute approximate surface area is 142 Å². The number of benzene rings is 1. The number of likely N-dealkylation sites (tertiary alicyclic amines) is 1. The van der Waals surface area contributed by atoms with Gasteiger partial charge in [-0.1, -0.05) is 24.3 Å². The molecular weight excluding hydrogens is 300 g/mol. The number of carbonyl (C=O) groups excluding carboxylic acids is 1. The number of amides is 1. The summed E-state index contributed by atoms with van der Waals surface area (Å²) in [6, 6.07) is 10.8. The molecule has 2 fully saturated rings. The van der Waals surface area contributed by atoms with Crippen molar-refractivity contribution in [3.63, 3.8) is 0 Å². The van der Waals surface area contributed by atoms with Gasteiger partial charge in [0.15, 0.2) is 0 Å². The number of piperidine rings is 1. The van der Waals surface area contributed by atoms with Gasteiger partial charge < -0.3 is 5.32 Å². The van der Waals surface area contributed by atoms with Gasteiger partial charge in [0.25, 0.3) is 0 Å². The predicted octanol–water partition coefficient (Wildman–Crippen LogP) is 2.03. The Morgan fingerprint density at radius 3 is 2.79 bits per heavy atom. The number of hydrogen-bond donors (Lipinski definition) is 1. The summed E-state index contributed by atoms with van der Waals surface area (Å²) in [4.78, 5) is 14.7. The minimum absolute atomic E-state index is 0.136. The topological polar surface area (TPSA) is 50.2 Å². The maximum absolute atomic E-state index is 12.3. The highest BCUT2D eigenvalue weighted by atomic mass is 16.2. The first-order valence-electron chi connectivity index (χ1n) is 8.83. The van der Waals surface area contributed by atoms with Crippen molar-refractivity contribution in [2.24, 2.45) is 5.92 Å². The molecule has 5 nitrogen and oxygen atoms in total. The first-order valence-corrected chi connectivity index (χ1v) is 8.83. The lowest BCUT2D eigenvalue weighted by Gasteiger charge is -2.26. The van der Waals surface area contributed by atoms with Gasteiger partial charge in [0, 0.05) is 31.5 Å². The van der Waals surface area contributed by atoms with Crippen molar-refractivity contribution in [3.8, 4) is 0 Å². The van der Waals surface area contributed by atoms with Gasteiger partial charge in [0.2, 0.25) is 5.91 Å². The highest BCUT2D eigenvalue weighted by Gasteiger charge is 2.38. The van der Waals surface area contributed by atoms with E-state index in [4.69, 9.17) is 0 Å². The molecule has 2 bridgehead atoms. The molecule has 2 atom stereocenters. The second-order valence-electron chi connectivity index (χ2n) is 7.01. The molecule has 2 unspecified atom stereocenters. The number of nitrogens with zero attached hydrogens (tertiary/aromatic N) is 3. The van der Waals surface area contributed by atoms with Crippen LogP contribution in [0.4, 0.5) is 0 Å². The third kappa shape index (κ3) is 3.36.